The zero-order valence-electron chi connectivity index (χ0n) is 15.4. The van der Waals surface area contributed by atoms with Gasteiger partial charge in [0, 0.05) is 11.8 Å². The summed E-state index contributed by atoms with van der Waals surface area (Å²) in [4.78, 5) is 24.0. The second kappa shape index (κ2) is 10.3. The lowest BCUT2D eigenvalue weighted by atomic mass is 10.1. The third kappa shape index (κ3) is 6.21. The molecule has 2 amide bonds. The summed E-state index contributed by atoms with van der Waals surface area (Å²) in [6, 6.07) is 16.6. The number of carbonyl (C=O) groups excluding carboxylic acids is 2. The van der Waals surface area contributed by atoms with Crippen molar-refractivity contribution in [3.63, 3.8) is 0 Å². The van der Waals surface area contributed by atoms with Crippen LogP contribution in [0.1, 0.15) is 10.8 Å². The van der Waals surface area contributed by atoms with Gasteiger partial charge >= 0.3 is 0 Å². The molecule has 0 saturated carbocycles. The number of thioether (sulfide) groups is 2. The first-order chi connectivity index (χ1) is 14.0. The molecule has 3 rings (SSSR count). The van der Waals surface area contributed by atoms with Crippen LogP contribution in [0.15, 0.2) is 63.3 Å². The van der Waals surface area contributed by atoms with E-state index in [1.807, 2.05) is 42.5 Å². The van der Waals surface area contributed by atoms with Gasteiger partial charge in [0.15, 0.2) is 8.68 Å². The maximum Gasteiger partial charge on any atom is 0.242 e. The average molecular weight is 447 g/mol. The van der Waals surface area contributed by atoms with E-state index in [-0.39, 0.29) is 11.7 Å². The fourth-order valence-corrected chi connectivity index (χ4v) is 5.30. The van der Waals surface area contributed by atoms with E-state index in [1.165, 1.54) is 34.9 Å². The summed E-state index contributed by atoms with van der Waals surface area (Å²) < 4.78 is 6.47. The largest absolute Gasteiger partial charge is 0.497 e. The van der Waals surface area contributed by atoms with Gasteiger partial charge in [-0.25, -0.2) is 0 Å². The van der Waals surface area contributed by atoms with Crippen LogP contribution >= 0.6 is 34.9 Å². The third-order valence-electron chi connectivity index (χ3n) is 3.62. The topological polar surface area (TPSA) is 107 Å². The van der Waals surface area contributed by atoms with Crippen molar-refractivity contribution in [2.45, 2.75) is 13.9 Å². The van der Waals surface area contributed by atoms with Crippen LogP contribution in [-0.4, -0.2) is 34.9 Å². The summed E-state index contributed by atoms with van der Waals surface area (Å²) in [6.45, 7) is 0. The number of amides is 2. The second-order valence-electron chi connectivity index (χ2n) is 5.72. The molecular formula is C19H18N4O3S3. The fourth-order valence-electron chi connectivity index (χ4n) is 2.35. The minimum absolute atomic E-state index is 0.137. The summed E-state index contributed by atoms with van der Waals surface area (Å²) >= 11 is 3.86. The van der Waals surface area contributed by atoms with Gasteiger partial charge in [-0.1, -0.05) is 71.3 Å². The van der Waals surface area contributed by atoms with Gasteiger partial charge in [0.2, 0.25) is 11.8 Å². The molecule has 0 aliphatic rings. The number of ether oxygens (including phenoxy) is 1. The lowest BCUT2D eigenvalue weighted by Crippen LogP contribution is -2.19. The van der Waals surface area contributed by atoms with Crippen LogP contribution < -0.4 is 15.8 Å². The van der Waals surface area contributed by atoms with Crippen molar-refractivity contribution in [2.75, 3.05) is 18.2 Å². The number of nitrogens with one attached hydrogen (secondary N) is 1. The highest BCUT2D eigenvalue weighted by Gasteiger charge is 2.24. The van der Waals surface area contributed by atoms with Crippen molar-refractivity contribution in [3.05, 3.63) is 60.2 Å². The molecule has 1 heterocycles. The number of carbonyl (C=O) groups is 2. The van der Waals surface area contributed by atoms with Gasteiger partial charge < -0.3 is 15.8 Å². The quantitative estimate of drug-likeness (QED) is 0.484. The molecule has 0 bridgehead atoms. The molecule has 0 aliphatic heterocycles. The number of rotatable bonds is 9. The van der Waals surface area contributed by atoms with Gasteiger partial charge in [-0.05, 0) is 17.7 Å². The lowest BCUT2D eigenvalue weighted by Gasteiger charge is -2.16. The van der Waals surface area contributed by atoms with Gasteiger partial charge in [-0.2, -0.15) is 0 Å². The van der Waals surface area contributed by atoms with E-state index in [9.17, 15) is 9.59 Å². The summed E-state index contributed by atoms with van der Waals surface area (Å²) in [7, 11) is 1.58. The molecule has 1 unspecified atom stereocenters. The standard InChI is InChI=1S/C19H18N4O3S3/c1-26-14-9-5-8-13(10-14)21-17(25)16(12-6-3-2-4-7-12)28-19-23-22-18(29-19)27-11-15(20)24/h2-10,16H,11H2,1H3,(H2,20,24)(H,21,25). The number of methoxy groups -OCH3 is 1. The van der Waals surface area contributed by atoms with E-state index in [0.717, 1.165) is 5.56 Å². The predicted octanol–water partition coefficient (Wildman–Crippen LogP) is 3.60. The number of hydrogen-bond donors (Lipinski definition) is 2. The summed E-state index contributed by atoms with van der Waals surface area (Å²) in [6.07, 6.45) is 0. The van der Waals surface area contributed by atoms with Crippen LogP contribution in [0.3, 0.4) is 0 Å². The van der Waals surface area contributed by atoms with Crippen LogP contribution in [0, 0.1) is 0 Å². The van der Waals surface area contributed by atoms with Crippen molar-refractivity contribution >= 4 is 52.4 Å². The summed E-state index contributed by atoms with van der Waals surface area (Å²) in [5.41, 5.74) is 6.66. The van der Waals surface area contributed by atoms with Crippen LogP contribution in [0.5, 0.6) is 5.75 Å². The maximum atomic E-state index is 13.1. The zero-order chi connectivity index (χ0) is 20.6. The predicted molar refractivity (Wildman–Crippen MR) is 116 cm³/mol. The Kier molecular flexibility index (Phi) is 7.50. The van der Waals surface area contributed by atoms with Gasteiger partial charge in [0.1, 0.15) is 11.0 Å². The minimum atomic E-state index is -0.524. The fraction of sp³-hybridized carbons (Fsp3) is 0.158. The van der Waals surface area contributed by atoms with Gasteiger partial charge in [-0.15, -0.1) is 10.2 Å². The maximum absolute atomic E-state index is 13.1. The highest BCUT2D eigenvalue weighted by molar-refractivity contribution is 8.04. The molecule has 0 saturated heterocycles. The molecule has 7 nitrogen and oxygen atoms in total. The molecule has 0 radical (unpaired) electrons. The van der Waals surface area contributed by atoms with E-state index < -0.39 is 11.2 Å². The monoisotopic (exact) mass is 446 g/mol. The number of nitrogens with zero attached hydrogens (tertiary/aromatic N) is 2. The molecular weight excluding hydrogens is 428 g/mol. The molecule has 10 heteroatoms. The van der Waals surface area contributed by atoms with E-state index in [1.54, 1.807) is 19.2 Å². The normalized spacial score (nSPS) is 11.6. The first-order valence-corrected chi connectivity index (χ1v) is 11.1. The number of anilines is 1. The minimum Gasteiger partial charge on any atom is -0.497 e. The molecule has 1 aromatic heterocycles. The number of primary amides is 1. The van der Waals surface area contributed by atoms with Gasteiger partial charge in [0.25, 0.3) is 0 Å². The molecule has 3 aromatic rings. The third-order valence-corrected chi connectivity index (χ3v) is 7.04. The Hall–Kier alpha value is -2.56. The average Bonchev–Trinajstić information content (AvgIpc) is 3.19. The Balaban J connectivity index is 1.78. The zero-order valence-corrected chi connectivity index (χ0v) is 17.9. The van der Waals surface area contributed by atoms with Crippen molar-refractivity contribution < 1.29 is 14.3 Å². The molecule has 1 atom stereocenters. The van der Waals surface area contributed by atoms with Crippen LogP contribution in [0.25, 0.3) is 0 Å². The van der Waals surface area contributed by atoms with E-state index in [2.05, 4.69) is 15.5 Å². The Labute approximate surface area is 180 Å². The highest BCUT2D eigenvalue weighted by atomic mass is 32.2. The van der Waals surface area contributed by atoms with Crippen molar-refractivity contribution in [1.29, 1.82) is 0 Å². The van der Waals surface area contributed by atoms with Crippen LogP contribution in [0.4, 0.5) is 5.69 Å². The van der Waals surface area contributed by atoms with E-state index >= 15 is 0 Å². The van der Waals surface area contributed by atoms with E-state index in [4.69, 9.17) is 10.5 Å². The van der Waals surface area contributed by atoms with E-state index in [0.29, 0.717) is 20.1 Å². The first-order valence-electron chi connectivity index (χ1n) is 8.46. The Morgan fingerprint density at radius 2 is 1.90 bits per heavy atom. The number of nitrogens with two attached hydrogens (primary N) is 1. The summed E-state index contributed by atoms with van der Waals surface area (Å²) in [5.74, 6) is 0.194. The van der Waals surface area contributed by atoms with Crippen LogP contribution in [-0.2, 0) is 9.59 Å². The molecule has 29 heavy (non-hydrogen) atoms. The second-order valence-corrected chi connectivity index (χ2v) is 9.27. The lowest BCUT2D eigenvalue weighted by molar-refractivity contribution is -0.116. The molecule has 0 fully saturated rings. The molecule has 2 aromatic carbocycles. The van der Waals surface area contributed by atoms with Crippen molar-refractivity contribution in [2.24, 2.45) is 5.73 Å². The smallest absolute Gasteiger partial charge is 0.242 e. The molecule has 0 spiro atoms. The summed E-state index contributed by atoms with van der Waals surface area (Å²) in [5, 5.41) is 10.6. The number of hydrogen-bond acceptors (Lipinski definition) is 8. The first kappa shape index (κ1) is 21.2. The van der Waals surface area contributed by atoms with Crippen molar-refractivity contribution in [3.8, 4) is 5.75 Å². The van der Waals surface area contributed by atoms with Crippen molar-refractivity contribution in [1.82, 2.24) is 10.2 Å². The highest BCUT2D eigenvalue weighted by Crippen LogP contribution is 2.39. The molecule has 150 valence electrons. The molecule has 3 N–H and O–H groups in total. The Morgan fingerprint density at radius 3 is 2.62 bits per heavy atom. The SMILES string of the molecule is COc1cccc(NC(=O)C(Sc2nnc(SCC(N)=O)s2)c2ccccc2)c1. The Morgan fingerprint density at radius 1 is 1.14 bits per heavy atom. The number of aromatic nitrogens is 2. The van der Waals surface area contributed by atoms with Crippen LogP contribution in [0.2, 0.25) is 0 Å². The van der Waals surface area contributed by atoms with Gasteiger partial charge in [0.05, 0.1) is 12.9 Å². The van der Waals surface area contributed by atoms with Gasteiger partial charge in [-0.3, -0.25) is 9.59 Å². The molecule has 0 aliphatic carbocycles. The Bertz CT molecular complexity index is 982. The number of benzene rings is 2.